The van der Waals surface area contributed by atoms with Crippen molar-refractivity contribution in [1.29, 1.82) is 0 Å². The second-order valence-electron chi connectivity index (χ2n) is 4.30. The van der Waals surface area contributed by atoms with Gasteiger partial charge >= 0.3 is 5.97 Å². The zero-order valence-electron chi connectivity index (χ0n) is 10.7. The molecule has 0 atom stereocenters. The topological polar surface area (TPSA) is 133 Å². The van der Waals surface area contributed by atoms with Crippen LogP contribution in [0.25, 0.3) is 0 Å². The molecular weight excluding hydrogens is 276 g/mol. The molecular formula is C14H12N2O5. The van der Waals surface area contributed by atoms with Crippen LogP contribution in [0.2, 0.25) is 0 Å². The number of nitrogens with two attached hydrogens (primary N) is 1. The van der Waals surface area contributed by atoms with E-state index >= 15 is 0 Å². The van der Waals surface area contributed by atoms with Gasteiger partial charge in [-0.3, -0.25) is 4.79 Å². The number of phenols is 2. The molecule has 1 amide bonds. The second kappa shape index (κ2) is 5.41. The fraction of sp³-hybridized carbons (Fsp3) is 0. The van der Waals surface area contributed by atoms with Crippen LogP contribution in [-0.2, 0) is 0 Å². The van der Waals surface area contributed by atoms with Crippen molar-refractivity contribution >= 4 is 23.3 Å². The van der Waals surface area contributed by atoms with Gasteiger partial charge in [-0.15, -0.1) is 0 Å². The number of carbonyl (C=O) groups excluding carboxylic acids is 1. The summed E-state index contributed by atoms with van der Waals surface area (Å²) in [6.07, 6.45) is 0. The number of carboxylic acid groups (broad SMARTS) is 1. The lowest BCUT2D eigenvalue weighted by Crippen LogP contribution is -2.15. The summed E-state index contributed by atoms with van der Waals surface area (Å²) in [4.78, 5) is 23.1. The van der Waals surface area contributed by atoms with Gasteiger partial charge in [-0.2, -0.15) is 0 Å². The number of amides is 1. The Labute approximate surface area is 119 Å². The Morgan fingerprint density at radius 1 is 1.00 bits per heavy atom. The number of nitrogen functional groups attached to an aromatic ring is 1. The quantitative estimate of drug-likeness (QED) is 0.545. The van der Waals surface area contributed by atoms with E-state index in [0.717, 1.165) is 18.2 Å². The molecule has 0 heterocycles. The van der Waals surface area contributed by atoms with Crippen LogP contribution in [-0.4, -0.2) is 27.2 Å². The van der Waals surface area contributed by atoms with Gasteiger partial charge in [0.2, 0.25) is 0 Å². The van der Waals surface area contributed by atoms with E-state index in [9.17, 15) is 19.8 Å². The SMILES string of the molecule is Nc1ccc(NC(=O)c2cc(O)cc(O)c2)c(C(=O)O)c1. The minimum atomic E-state index is -1.24. The smallest absolute Gasteiger partial charge is 0.337 e. The van der Waals surface area contributed by atoms with Crippen molar-refractivity contribution in [3.05, 3.63) is 47.5 Å². The van der Waals surface area contributed by atoms with Gasteiger partial charge in [-0.25, -0.2) is 4.79 Å². The summed E-state index contributed by atoms with van der Waals surface area (Å²) in [7, 11) is 0. The highest BCUT2D eigenvalue weighted by Crippen LogP contribution is 2.23. The number of carboxylic acids is 1. The van der Waals surface area contributed by atoms with Crippen LogP contribution in [0.4, 0.5) is 11.4 Å². The molecule has 0 saturated carbocycles. The van der Waals surface area contributed by atoms with E-state index in [0.29, 0.717) is 0 Å². The zero-order valence-corrected chi connectivity index (χ0v) is 10.7. The van der Waals surface area contributed by atoms with Crippen molar-refractivity contribution < 1.29 is 24.9 Å². The predicted molar refractivity (Wildman–Crippen MR) is 75.5 cm³/mol. The number of aromatic hydroxyl groups is 2. The Hall–Kier alpha value is -3.22. The van der Waals surface area contributed by atoms with Gasteiger partial charge in [-0.05, 0) is 30.3 Å². The van der Waals surface area contributed by atoms with Gasteiger partial charge in [0.05, 0.1) is 11.3 Å². The van der Waals surface area contributed by atoms with Gasteiger partial charge in [0, 0.05) is 17.3 Å². The minimum Gasteiger partial charge on any atom is -0.508 e. The number of aromatic carboxylic acids is 1. The number of phenolic OH excluding ortho intramolecular Hbond substituents is 2. The lowest BCUT2D eigenvalue weighted by atomic mass is 10.1. The fourth-order valence-electron chi connectivity index (χ4n) is 1.77. The first-order valence-electron chi connectivity index (χ1n) is 5.84. The van der Waals surface area contributed by atoms with Crippen LogP contribution in [0.5, 0.6) is 11.5 Å². The molecule has 0 spiro atoms. The van der Waals surface area contributed by atoms with Gasteiger partial charge < -0.3 is 26.4 Å². The molecule has 0 bridgehead atoms. The molecule has 7 heteroatoms. The van der Waals surface area contributed by atoms with Crippen molar-refractivity contribution in [2.75, 3.05) is 11.1 Å². The fourth-order valence-corrected chi connectivity index (χ4v) is 1.77. The van der Waals surface area contributed by atoms with Gasteiger partial charge in [0.15, 0.2) is 0 Å². The Bertz CT molecular complexity index is 707. The van der Waals surface area contributed by atoms with Crippen molar-refractivity contribution in [3.63, 3.8) is 0 Å². The normalized spacial score (nSPS) is 10.1. The Balaban J connectivity index is 2.33. The van der Waals surface area contributed by atoms with Crippen LogP contribution >= 0.6 is 0 Å². The van der Waals surface area contributed by atoms with E-state index in [4.69, 9.17) is 10.8 Å². The van der Waals surface area contributed by atoms with Gasteiger partial charge in [0.25, 0.3) is 5.91 Å². The Kier molecular flexibility index (Phi) is 3.66. The number of rotatable bonds is 3. The van der Waals surface area contributed by atoms with Gasteiger partial charge in [0.1, 0.15) is 11.5 Å². The molecule has 0 fully saturated rings. The van der Waals surface area contributed by atoms with Crippen LogP contribution in [0.15, 0.2) is 36.4 Å². The largest absolute Gasteiger partial charge is 0.508 e. The van der Waals surface area contributed by atoms with Gasteiger partial charge in [-0.1, -0.05) is 0 Å². The molecule has 0 aromatic heterocycles. The van der Waals surface area contributed by atoms with E-state index in [1.165, 1.54) is 18.2 Å². The molecule has 21 heavy (non-hydrogen) atoms. The zero-order chi connectivity index (χ0) is 15.6. The molecule has 2 aromatic rings. The number of hydrogen-bond acceptors (Lipinski definition) is 5. The van der Waals surface area contributed by atoms with Crippen LogP contribution in [0.3, 0.4) is 0 Å². The third kappa shape index (κ3) is 3.21. The average Bonchev–Trinajstić information content (AvgIpc) is 2.39. The molecule has 0 aliphatic rings. The first-order chi connectivity index (χ1) is 9.86. The minimum absolute atomic E-state index is 0.0133. The average molecular weight is 288 g/mol. The summed E-state index contributed by atoms with van der Waals surface area (Å²) in [5.41, 5.74) is 5.64. The Morgan fingerprint density at radius 2 is 1.62 bits per heavy atom. The van der Waals surface area contributed by atoms with E-state index < -0.39 is 11.9 Å². The number of anilines is 2. The lowest BCUT2D eigenvalue weighted by Gasteiger charge is -2.09. The third-order valence-electron chi connectivity index (χ3n) is 2.69. The van der Waals surface area contributed by atoms with Crippen LogP contribution < -0.4 is 11.1 Å². The highest BCUT2D eigenvalue weighted by molar-refractivity contribution is 6.08. The summed E-state index contributed by atoms with van der Waals surface area (Å²) in [6, 6.07) is 7.39. The monoisotopic (exact) mass is 288 g/mol. The first-order valence-corrected chi connectivity index (χ1v) is 5.84. The van der Waals surface area contributed by atoms with E-state index in [-0.39, 0.29) is 34.0 Å². The van der Waals surface area contributed by atoms with E-state index in [1.807, 2.05) is 0 Å². The lowest BCUT2D eigenvalue weighted by molar-refractivity contribution is 0.0698. The maximum absolute atomic E-state index is 12.0. The second-order valence-corrected chi connectivity index (χ2v) is 4.30. The number of nitrogens with one attached hydrogen (secondary N) is 1. The standard InChI is InChI=1S/C14H12N2O5/c15-8-1-2-12(11(5-8)14(20)21)16-13(19)7-3-9(17)6-10(18)4-7/h1-6,17-18H,15H2,(H,16,19)(H,20,21). The summed E-state index contributed by atoms with van der Waals surface area (Å²) in [5, 5.41) is 30.1. The molecule has 0 aliphatic heterocycles. The summed E-state index contributed by atoms with van der Waals surface area (Å²) < 4.78 is 0. The van der Waals surface area contributed by atoms with Crippen molar-refractivity contribution in [2.45, 2.75) is 0 Å². The molecule has 0 aliphatic carbocycles. The Morgan fingerprint density at radius 3 is 2.19 bits per heavy atom. The number of benzene rings is 2. The third-order valence-corrected chi connectivity index (χ3v) is 2.69. The van der Waals surface area contributed by atoms with E-state index in [1.54, 1.807) is 0 Å². The predicted octanol–water partition coefficient (Wildman–Crippen LogP) is 1.63. The van der Waals surface area contributed by atoms with E-state index in [2.05, 4.69) is 5.32 Å². The maximum Gasteiger partial charge on any atom is 0.337 e. The van der Waals surface area contributed by atoms with Crippen LogP contribution in [0, 0.1) is 0 Å². The molecule has 6 N–H and O–H groups in total. The van der Waals surface area contributed by atoms with Crippen LogP contribution in [0.1, 0.15) is 20.7 Å². The highest BCUT2D eigenvalue weighted by atomic mass is 16.4. The molecule has 7 nitrogen and oxygen atoms in total. The van der Waals surface area contributed by atoms with Crippen molar-refractivity contribution in [1.82, 2.24) is 0 Å². The molecule has 2 aromatic carbocycles. The number of hydrogen-bond donors (Lipinski definition) is 5. The molecule has 0 saturated heterocycles. The first kappa shape index (κ1) is 14.2. The van der Waals surface area contributed by atoms with Crippen molar-refractivity contribution in [3.8, 4) is 11.5 Å². The molecule has 2 rings (SSSR count). The molecule has 108 valence electrons. The summed E-state index contributed by atoms with van der Waals surface area (Å²) in [5.74, 6) is -2.48. The highest BCUT2D eigenvalue weighted by Gasteiger charge is 2.15. The van der Waals surface area contributed by atoms with Crippen molar-refractivity contribution in [2.24, 2.45) is 0 Å². The number of carbonyl (C=O) groups is 2. The molecule has 0 radical (unpaired) electrons. The summed E-state index contributed by atoms with van der Waals surface area (Å²) in [6.45, 7) is 0. The summed E-state index contributed by atoms with van der Waals surface area (Å²) >= 11 is 0. The maximum atomic E-state index is 12.0. The molecule has 0 unspecified atom stereocenters.